The van der Waals surface area contributed by atoms with E-state index in [-0.39, 0.29) is 18.6 Å². The van der Waals surface area contributed by atoms with E-state index in [9.17, 15) is 13.2 Å². The van der Waals surface area contributed by atoms with Crippen LogP contribution >= 0.6 is 15.9 Å². The summed E-state index contributed by atoms with van der Waals surface area (Å²) in [4.78, 5) is 0. The van der Waals surface area contributed by atoms with Crippen LogP contribution in [0, 0.1) is 5.92 Å². The Morgan fingerprint density at radius 3 is 2.35 bits per heavy atom. The third kappa shape index (κ3) is 5.60. The van der Waals surface area contributed by atoms with Gasteiger partial charge in [0.1, 0.15) is 0 Å². The largest absolute Gasteiger partial charge is 0.389 e. The van der Waals surface area contributed by atoms with Crippen LogP contribution in [-0.2, 0) is 4.74 Å². The van der Waals surface area contributed by atoms with Gasteiger partial charge in [0.2, 0.25) is 0 Å². The van der Waals surface area contributed by atoms with Crippen LogP contribution in [0.4, 0.5) is 13.2 Å². The molecule has 1 aliphatic rings. The van der Waals surface area contributed by atoms with Gasteiger partial charge in [0.25, 0.3) is 0 Å². The summed E-state index contributed by atoms with van der Waals surface area (Å²) < 4.78 is 41.7. The van der Waals surface area contributed by atoms with E-state index in [0.717, 1.165) is 31.0 Å². The quantitative estimate of drug-likeness (QED) is 0.528. The van der Waals surface area contributed by atoms with Crippen molar-refractivity contribution in [3.8, 4) is 0 Å². The molecule has 0 atom stereocenters. The van der Waals surface area contributed by atoms with Gasteiger partial charge in [-0.1, -0.05) is 22.9 Å². The maximum Gasteiger partial charge on any atom is 0.389 e. The van der Waals surface area contributed by atoms with Crippen molar-refractivity contribution in [3.63, 3.8) is 0 Å². The number of alkyl halides is 4. The summed E-state index contributed by atoms with van der Waals surface area (Å²) in [7, 11) is 0. The number of ether oxygens (including phenoxy) is 1. The highest BCUT2D eigenvalue weighted by Gasteiger charge is 2.34. The summed E-state index contributed by atoms with van der Waals surface area (Å²) in [5.41, 5.74) is -0.224. The molecule has 0 aromatic carbocycles. The second-order valence-electron chi connectivity index (χ2n) is 5.07. The van der Waals surface area contributed by atoms with E-state index in [1.54, 1.807) is 0 Å². The van der Waals surface area contributed by atoms with Gasteiger partial charge in [-0.15, -0.1) is 0 Å². The fourth-order valence-electron chi connectivity index (χ4n) is 2.17. The zero-order chi connectivity index (χ0) is 12.9. The van der Waals surface area contributed by atoms with Crippen molar-refractivity contribution >= 4 is 15.9 Å². The first-order chi connectivity index (χ1) is 7.87. The minimum Gasteiger partial charge on any atom is -0.374 e. The molecule has 5 heteroatoms. The number of hydrogen-bond donors (Lipinski definition) is 0. The minimum absolute atomic E-state index is 0.0633. The van der Waals surface area contributed by atoms with Gasteiger partial charge < -0.3 is 4.74 Å². The number of rotatable bonds is 5. The molecule has 0 aromatic heterocycles. The molecule has 1 rings (SSSR count). The Kier molecular flexibility index (Phi) is 5.77. The molecule has 0 unspecified atom stereocenters. The smallest absolute Gasteiger partial charge is 0.374 e. The first-order valence-electron chi connectivity index (χ1n) is 6.14. The van der Waals surface area contributed by atoms with Crippen molar-refractivity contribution in [1.82, 2.24) is 0 Å². The highest BCUT2D eigenvalue weighted by molar-refractivity contribution is 9.09. The Hall–Kier alpha value is 0.230. The lowest BCUT2D eigenvalue weighted by atomic mass is 9.80. The van der Waals surface area contributed by atoms with Crippen LogP contribution in [0.5, 0.6) is 0 Å². The summed E-state index contributed by atoms with van der Waals surface area (Å²) >= 11 is 3.43. The average molecular weight is 317 g/mol. The molecule has 0 saturated heterocycles. The maximum atomic E-state index is 12.0. The minimum atomic E-state index is -4.06. The van der Waals surface area contributed by atoms with Crippen LogP contribution < -0.4 is 0 Å². The van der Waals surface area contributed by atoms with E-state index in [2.05, 4.69) is 22.9 Å². The fraction of sp³-hybridized carbons (Fsp3) is 1.00. The van der Waals surface area contributed by atoms with Gasteiger partial charge in [-0.3, -0.25) is 0 Å². The molecule has 0 N–H and O–H groups in total. The third-order valence-corrected chi connectivity index (χ3v) is 4.46. The third-order valence-electron chi connectivity index (χ3n) is 3.44. The lowest BCUT2D eigenvalue weighted by Gasteiger charge is -2.38. The van der Waals surface area contributed by atoms with E-state index < -0.39 is 12.6 Å². The lowest BCUT2D eigenvalue weighted by molar-refractivity contribution is -0.142. The Bertz CT molecular complexity index is 222. The molecule has 0 bridgehead atoms. The average Bonchev–Trinajstić information content (AvgIpc) is 2.26. The first-order valence-corrected chi connectivity index (χ1v) is 7.26. The summed E-state index contributed by atoms with van der Waals surface area (Å²) in [6.07, 6.45) is -0.645. The topological polar surface area (TPSA) is 9.23 Å². The summed E-state index contributed by atoms with van der Waals surface area (Å²) in [5.74, 6) is 0.709. The van der Waals surface area contributed by atoms with Crippen molar-refractivity contribution in [3.05, 3.63) is 0 Å². The summed E-state index contributed by atoms with van der Waals surface area (Å²) in [6.45, 7) is 2.42. The fourth-order valence-corrected chi connectivity index (χ4v) is 2.89. The van der Waals surface area contributed by atoms with Crippen LogP contribution in [0.2, 0.25) is 0 Å². The van der Waals surface area contributed by atoms with Gasteiger partial charge in [-0.05, 0) is 38.0 Å². The summed E-state index contributed by atoms with van der Waals surface area (Å²) in [5, 5.41) is 0.721. The molecule has 1 nitrogen and oxygen atoms in total. The second-order valence-corrected chi connectivity index (χ2v) is 5.63. The molecule has 0 radical (unpaired) electrons. The zero-order valence-electron chi connectivity index (χ0n) is 10.2. The zero-order valence-corrected chi connectivity index (χ0v) is 11.7. The predicted molar refractivity (Wildman–Crippen MR) is 65.4 cm³/mol. The van der Waals surface area contributed by atoms with Crippen LogP contribution in [0.25, 0.3) is 0 Å². The highest BCUT2D eigenvalue weighted by Crippen LogP contribution is 2.36. The highest BCUT2D eigenvalue weighted by atomic mass is 79.9. The van der Waals surface area contributed by atoms with Crippen LogP contribution in [0.3, 0.4) is 0 Å². The summed E-state index contributed by atoms with van der Waals surface area (Å²) in [6, 6.07) is 0. The van der Waals surface area contributed by atoms with Crippen molar-refractivity contribution in [2.75, 3.05) is 11.9 Å². The van der Waals surface area contributed by atoms with E-state index in [1.165, 1.54) is 0 Å². The van der Waals surface area contributed by atoms with Gasteiger partial charge in [0, 0.05) is 18.4 Å². The molecule has 17 heavy (non-hydrogen) atoms. The number of halogens is 4. The Morgan fingerprint density at radius 2 is 1.88 bits per heavy atom. The first kappa shape index (κ1) is 15.3. The molecule has 0 aromatic rings. The molecule has 0 aliphatic heterocycles. The van der Waals surface area contributed by atoms with Crippen molar-refractivity contribution in [2.24, 2.45) is 5.92 Å². The van der Waals surface area contributed by atoms with Gasteiger partial charge in [-0.2, -0.15) is 13.2 Å². The van der Waals surface area contributed by atoms with Gasteiger partial charge in [0.15, 0.2) is 0 Å². The molecule has 0 heterocycles. The van der Waals surface area contributed by atoms with E-state index in [4.69, 9.17) is 4.74 Å². The lowest BCUT2D eigenvalue weighted by Crippen LogP contribution is -2.39. The van der Waals surface area contributed by atoms with E-state index in [0.29, 0.717) is 5.92 Å². The molecular formula is C12H20BrF3O. The van der Waals surface area contributed by atoms with Crippen LogP contribution in [0.1, 0.15) is 45.4 Å². The van der Waals surface area contributed by atoms with Gasteiger partial charge in [0.05, 0.1) is 5.60 Å². The molecule has 102 valence electrons. The molecule has 0 amide bonds. The molecule has 1 aliphatic carbocycles. The second kappa shape index (κ2) is 6.41. The van der Waals surface area contributed by atoms with Crippen molar-refractivity contribution in [1.29, 1.82) is 0 Å². The standard InChI is InChI=1S/C12H20BrF3O/c1-10-3-6-11(9-13,7-4-10)17-8-2-5-12(14,15)16/h10H,2-9H2,1H3. The van der Waals surface area contributed by atoms with Crippen LogP contribution in [-0.4, -0.2) is 23.7 Å². The van der Waals surface area contributed by atoms with E-state index >= 15 is 0 Å². The van der Waals surface area contributed by atoms with Gasteiger partial charge >= 0.3 is 6.18 Å². The van der Waals surface area contributed by atoms with E-state index in [1.807, 2.05) is 0 Å². The maximum absolute atomic E-state index is 12.0. The van der Waals surface area contributed by atoms with Crippen molar-refractivity contribution < 1.29 is 17.9 Å². The monoisotopic (exact) mass is 316 g/mol. The molecule has 0 spiro atoms. The molecular weight excluding hydrogens is 297 g/mol. The predicted octanol–water partition coefficient (Wildman–Crippen LogP) is 4.69. The SMILES string of the molecule is CC1CCC(CBr)(OCCCC(F)(F)F)CC1. The Morgan fingerprint density at radius 1 is 1.29 bits per heavy atom. The van der Waals surface area contributed by atoms with Gasteiger partial charge in [-0.25, -0.2) is 0 Å². The normalized spacial score (nSPS) is 30.5. The Labute approximate surface area is 109 Å². The van der Waals surface area contributed by atoms with Crippen molar-refractivity contribution in [2.45, 2.75) is 57.2 Å². The van der Waals surface area contributed by atoms with Crippen LogP contribution in [0.15, 0.2) is 0 Å². The Balaban J connectivity index is 2.27. The molecule has 1 saturated carbocycles. The number of hydrogen-bond acceptors (Lipinski definition) is 1. The molecule has 1 fully saturated rings.